The van der Waals surface area contributed by atoms with E-state index in [1.165, 1.54) is 43.8 Å². The first kappa shape index (κ1) is 22.9. The maximum Gasteiger partial charge on any atom is 0.118 e. The van der Waals surface area contributed by atoms with E-state index >= 15 is 0 Å². The molecule has 0 atom stereocenters. The number of hydrogen-bond acceptors (Lipinski definition) is 2. The largest absolute Gasteiger partial charge is 0.497 e. The topological polar surface area (TPSA) is 18.5 Å². The molecule has 0 unspecified atom stereocenters. The minimum absolute atomic E-state index is 0.875. The molecule has 0 spiro atoms. The quantitative estimate of drug-likeness (QED) is 0.263. The lowest BCUT2D eigenvalue weighted by atomic mass is 9.89. The second-order valence-corrected chi connectivity index (χ2v) is 13.6. The van der Waals surface area contributed by atoms with Gasteiger partial charge in [-0.2, -0.15) is 0 Å². The van der Waals surface area contributed by atoms with E-state index in [-0.39, 0.29) is 0 Å². The van der Waals surface area contributed by atoms with Gasteiger partial charge in [-0.1, -0.05) is 98.0 Å². The van der Waals surface area contributed by atoms with Crippen LogP contribution in [0.4, 0.5) is 0 Å². The summed E-state index contributed by atoms with van der Waals surface area (Å²) in [6.45, 7) is 4.95. The molecule has 1 aliphatic rings. The fourth-order valence-corrected chi connectivity index (χ4v) is 9.13. The van der Waals surface area contributed by atoms with Crippen molar-refractivity contribution in [2.45, 2.75) is 13.1 Å². The zero-order chi connectivity index (χ0) is 24.4. The van der Waals surface area contributed by atoms with Gasteiger partial charge in [0.1, 0.15) is 19.6 Å². The summed E-state index contributed by atoms with van der Waals surface area (Å²) in [4.78, 5) is 0. The molecular formula is C32H30O2Si. The van der Waals surface area contributed by atoms with Crippen LogP contribution in [0.2, 0.25) is 13.1 Å². The first-order valence-corrected chi connectivity index (χ1v) is 14.9. The monoisotopic (exact) mass is 474 g/mol. The molecule has 0 saturated carbocycles. The standard InChI is InChI=1S/C32H30O2Si/c1-33-27-19-15-25(16-20-27)31-29(23-11-7-5-8-12-23)30(24-13-9-6-10-14-24)32(35(31,3)4)26-17-21-28(34-2)22-18-26/h5-22H,1-4H3. The van der Waals surface area contributed by atoms with Gasteiger partial charge in [-0.15, -0.1) is 0 Å². The van der Waals surface area contributed by atoms with Gasteiger partial charge in [0, 0.05) is 0 Å². The van der Waals surface area contributed by atoms with Gasteiger partial charge in [-0.3, -0.25) is 0 Å². The second-order valence-electron chi connectivity index (χ2n) is 9.31. The summed E-state index contributed by atoms with van der Waals surface area (Å²) in [5.41, 5.74) is 7.70. The minimum Gasteiger partial charge on any atom is -0.497 e. The fraction of sp³-hybridized carbons (Fsp3) is 0.125. The maximum atomic E-state index is 5.47. The van der Waals surface area contributed by atoms with Crippen LogP contribution in [0.1, 0.15) is 22.3 Å². The van der Waals surface area contributed by atoms with Crippen molar-refractivity contribution < 1.29 is 9.47 Å². The molecule has 3 heteroatoms. The van der Waals surface area contributed by atoms with Crippen molar-refractivity contribution in [1.82, 2.24) is 0 Å². The molecule has 1 aliphatic heterocycles. The highest BCUT2D eigenvalue weighted by Crippen LogP contribution is 2.55. The van der Waals surface area contributed by atoms with Crippen LogP contribution in [-0.2, 0) is 0 Å². The molecule has 0 radical (unpaired) electrons. The zero-order valence-electron chi connectivity index (χ0n) is 20.7. The van der Waals surface area contributed by atoms with Gasteiger partial charge in [0.15, 0.2) is 0 Å². The van der Waals surface area contributed by atoms with Crippen LogP contribution in [-0.4, -0.2) is 22.3 Å². The lowest BCUT2D eigenvalue weighted by Crippen LogP contribution is -2.28. The van der Waals surface area contributed by atoms with E-state index in [0.29, 0.717) is 0 Å². The Bertz CT molecular complexity index is 1270. The smallest absolute Gasteiger partial charge is 0.118 e. The Morgan fingerprint density at radius 1 is 0.429 bits per heavy atom. The van der Waals surface area contributed by atoms with E-state index in [0.717, 1.165) is 11.5 Å². The van der Waals surface area contributed by atoms with Crippen molar-refractivity contribution in [3.05, 3.63) is 131 Å². The fourth-order valence-electron chi connectivity index (χ4n) is 5.31. The van der Waals surface area contributed by atoms with Crippen LogP contribution in [0.5, 0.6) is 11.5 Å². The number of benzene rings is 4. The Labute approximate surface area is 209 Å². The summed E-state index contributed by atoms with van der Waals surface area (Å²) in [6, 6.07) is 38.8. The Morgan fingerprint density at radius 2 is 0.771 bits per heavy atom. The highest BCUT2D eigenvalue weighted by molar-refractivity contribution is 7.13. The molecule has 5 rings (SSSR count). The molecule has 4 aromatic carbocycles. The van der Waals surface area contributed by atoms with Gasteiger partial charge in [-0.25, -0.2) is 0 Å². The van der Waals surface area contributed by atoms with Gasteiger partial charge in [0.25, 0.3) is 0 Å². The molecule has 0 N–H and O–H groups in total. The van der Waals surface area contributed by atoms with Crippen LogP contribution < -0.4 is 9.47 Å². The third-order valence-electron chi connectivity index (χ3n) is 6.88. The van der Waals surface area contributed by atoms with Crippen molar-refractivity contribution in [3.8, 4) is 11.5 Å². The lowest BCUT2D eigenvalue weighted by Gasteiger charge is -2.26. The van der Waals surface area contributed by atoms with E-state index in [1.807, 2.05) is 0 Å². The number of allylic oxidation sites excluding steroid dienone is 2. The number of methoxy groups -OCH3 is 2. The minimum atomic E-state index is -2.15. The van der Waals surface area contributed by atoms with E-state index in [2.05, 4.69) is 122 Å². The van der Waals surface area contributed by atoms with Crippen LogP contribution >= 0.6 is 0 Å². The molecule has 2 nitrogen and oxygen atoms in total. The molecule has 0 amide bonds. The summed E-state index contributed by atoms with van der Waals surface area (Å²) >= 11 is 0. The van der Waals surface area contributed by atoms with Gasteiger partial charge >= 0.3 is 0 Å². The molecule has 174 valence electrons. The van der Waals surface area contributed by atoms with Crippen LogP contribution in [0.15, 0.2) is 109 Å². The van der Waals surface area contributed by atoms with Crippen molar-refractivity contribution in [3.63, 3.8) is 0 Å². The molecule has 0 saturated heterocycles. The lowest BCUT2D eigenvalue weighted by molar-refractivity contribution is 0.414. The van der Waals surface area contributed by atoms with Crippen LogP contribution in [0, 0.1) is 0 Å². The molecule has 4 aromatic rings. The van der Waals surface area contributed by atoms with Crippen molar-refractivity contribution >= 4 is 29.6 Å². The first-order chi connectivity index (χ1) is 17.0. The average Bonchev–Trinajstić information content (AvgIpc) is 3.16. The van der Waals surface area contributed by atoms with Gasteiger partial charge in [0.05, 0.1) is 14.2 Å². The Balaban J connectivity index is 1.86. The predicted molar refractivity (Wildman–Crippen MR) is 150 cm³/mol. The van der Waals surface area contributed by atoms with Crippen molar-refractivity contribution in [2.24, 2.45) is 0 Å². The zero-order valence-corrected chi connectivity index (χ0v) is 21.7. The van der Waals surface area contributed by atoms with E-state index in [4.69, 9.17) is 9.47 Å². The number of hydrogen-bond donors (Lipinski definition) is 0. The van der Waals surface area contributed by atoms with Crippen molar-refractivity contribution in [1.29, 1.82) is 0 Å². The normalized spacial score (nSPS) is 14.9. The van der Waals surface area contributed by atoms with E-state index in [9.17, 15) is 0 Å². The summed E-state index contributed by atoms with van der Waals surface area (Å²) in [7, 11) is 1.28. The summed E-state index contributed by atoms with van der Waals surface area (Å²) < 4.78 is 10.9. The van der Waals surface area contributed by atoms with Gasteiger partial charge in [0.2, 0.25) is 0 Å². The van der Waals surface area contributed by atoms with E-state index in [1.54, 1.807) is 14.2 Å². The first-order valence-electron chi connectivity index (χ1n) is 11.9. The highest BCUT2D eigenvalue weighted by Gasteiger charge is 2.43. The SMILES string of the molecule is COc1ccc(C2=C(c3ccccc3)C(c3ccccc3)=C(c3ccc(OC)cc3)[Si]2(C)C)cc1. The average molecular weight is 475 g/mol. The second kappa shape index (κ2) is 9.44. The maximum absolute atomic E-state index is 5.47. The Hall–Kier alpha value is -3.82. The summed E-state index contributed by atoms with van der Waals surface area (Å²) in [5, 5.41) is 2.91. The van der Waals surface area contributed by atoms with Gasteiger partial charge < -0.3 is 9.47 Å². The Morgan fingerprint density at radius 3 is 1.09 bits per heavy atom. The van der Waals surface area contributed by atoms with Crippen LogP contribution in [0.25, 0.3) is 21.5 Å². The third kappa shape index (κ3) is 4.13. The molecule has 0 aliphatic carbocycles. The Kier molecular flexibility index (Phi) is 6.19. The summed E-state index contributed by atoms with van der Waals surface area (Å²) in [6.07, 6.45) is 0. The molecule has 1 heterocycles. The third-order valence-corrected chi connectivity index (χ3v) is 10.5. The predicted octanol–water partition coefficient (Wildman–Crippen LogP) is 8.03. The molecular weight excluding hydrogens is 444 g/mol. The molecule has 0 fully saturated rings. The highest BCUT2D eigenvalue weighted by atomic mass is 28.3. The molecule has 0 aromatic heterocycles. The number of ether oxygens (including phenoxy) is 2. The summed E-state index contributed by atoms with van der Waals surface area (Å²) in [5.74, 6) is 1.75. The molecule has 35 heavy (non-hydrogen) atoms. The molecule has 0 bridgehead atoms. The van der Waals surface area contributed by atoms with E-state index < -0.39 is 8.07 Å². The van der Waals surface area contributed by atoms with Crippen LogP contribution in [0.3, 0.4) is 0 Å². The number of rotatable bonds is 6. The van der Waals surface area contributed by atoms with Crippen molar-refractivity contribution in [2.75, 3.05) is 14.2 Å². The van der Waals surface area contributed by atoms with Gasteiger partial charge in [-0.05, 0) is 68.1 Å².